The van der Waals surface area contributed by atoms with E-state index in [9.17, 15) is 18.0 Å². The van der Waals surface area contributed by atoms with Gasteiger partial charge in [0.25, 0.3) is 5.91 Å². The average molecular weight is 448 g/mol. The largest absolute Gasteiger partial charge is 0.470 e. The van der Waals surface area contributed by atoms with Crippen LogP contribution in [0.15, 0.2) is 24.5 Å². The summed E-state index contributed by atoms with van der Waals surface area (Å²) in [5.74, 6) is -4.08. The maximum atomic E-state index is 13.6. The molecular weight excluding hydrogens is 430 g/mol. The second kappa shape index (κ2) is 8.36. The fraction of sp³-hybridized carbons (Fsp3) is 0.421. The molecule has 0 aliphatic carbocycles. The number of carbonyl (C=O) groups excluding carboxylic acids is 1. The molecule has 156 valence electrons. The van der Waals surface area contributed by atoms with Gasteiger partial charge in [-0.05, 0) is 31.0 Å². The van der Waals surface area contributed by atoms with E-state index in [0.29, 0.717) is 16.7 Å². The maximum absolute atomic E-state index is 13.6. The summed E-state index contributed by atoms with van der Waals surface area (Å²) in [7, 11) is 0. The third-order valence-electron chi connectivity index (χ3n) is 4.82. The summed E-state index contributed by atoms with van der Waals surface area (Å²) in [6, 6.07) is 2.67. The van der Waals surface area contributed by atoms with Gasteiger partial charge in [-0.2, -0.15) is 8.78 Å². The van der Waals surface area contributed by atoms with Crippen LogP contribution in [0.3, 0.4) is 0 Å². The van der Waals surface area contributed by atoms with E-state index in [1.54, 1.807) is 17.9 Å². The first-order chi connectivity index (χ1) is 13.7. The second-order valence-electron chi connectivity index (χ2n) is 6.72. The molecule has 1 aliphatic heterocycles. The summed E-state index contributed by atoms with van der Waals surface area (Å²) < 4.78 is 45.5. The standard InChI is InChI=1S/C19H18Cl2F3N3O2/c1-3-15(22)19(23,24)9-29-17-14(20)6-11(7-26-17)10(2)27-8-13-12(18(27)28)4-5-25-16(13)21/h4-7,10,15H,3,8-9H2,1-2H3. The summed E-state index contributed by atoms with van der Waals surface area (Å²) >= 11 is 12.2. The van der Waals surface area contributed by atoms with Crippen LogP contribution in [0.4, 0.5) is 13.2 Å². The lowest BCUT2D eigenvalue weighted by Gasteiger charge is -2.25. The first-order valence-corrected chi connectivity index (χ1v) is 9.65. The molecule has 1 amide bonds. The van der Waals surface area contributed by atoms with Crippen molar-refractivity contribution in [2.75, 3.05) is 6.61 Å². The fourth-order valence-electron chi connectivity index (χ4n) is 3.04. The number of ether oxygens (including phenoxy) is 1. The lowest BCUT2D eigenvalue weighted by atomic mass is 10.1. The van der Waals surface area contributed by atoms with E-state index in [-0.39, 0.29) is 34.9 Å². The summed E-state index contributed by atoms with van der Waals surface area (Å²) in [5.41, 5.74) is 1.70. The van der Waals surface area contributed by atoms with Crippen molar-refractivity contribution >= 4 is 29.1 Å². The minimum atomic E-state index is -3.65. The summed E-state index contributed by atoms with van der Waals surface area (Å²) in [6.07, 6.45) is 0.200. The van der Waals surface area contributed by atoms with Crippen LogP contribution in [0.2, 0.25) is 10.2 Å². The van der Waals surface area contributed by atoms with Gasteiger partial charge in [-0.15, -0.1) is 0 Å². The number of pyridine rings is 2. The molecule has 10 heteroatoms. The van der Waals surface area contributed by atoms with Gasteiger partial charge in [-0.3, -0.25) is 4.79 Å². The molecule has 0 fully saturated rings. The molecule has 29 heavy (non-hydrogen) atoms. The van der Waals surface area contributed by atoms with Crippen molar-refractivity contribution in [3.63, 3.8) is 0 Å². The van der Waals surface area contributed by atoms with Crippen LogP contribution in [0, 0.1) is 0 Å². The first-order valence-electron chi connectivity index (χ1n) is 8.90. The van der Waals surface area contributed by atoms with E-state index in [1.807, 2.05) is 0 Å². The van der Waals surface area contributed by atoms with Gasteiger partial charge in [0.1, 0.15) is 10.2 Å². The zero-order chi connectivity index (χ0) is 21.3. The van der Waals surface area contributed by atoms with Gasteiger partial charge >= 0.3 is 5.92 Å². The molecule has 2 unspecified atom stereocenters. The van der Waals surface area contributed by atoms with Crippen molar-refractivity contribution in [2.45, 2.75) is 44.9 Å². The molecule has 0 N–H and O–H groups in total. The summed E-state index contributed by atoms with van der Waals surface area (Å²) in [4.78, 5) is 22.2. The Balaban J connectivity index is 1.74. The van der Waals surface area contributed by atoms with Crippen LogP contribution in [-0.2, 0) is 6.54 Å². The average Bonchev–Trinajstić information content (AvgIpc) is 3.03. The van der Waals surface area contributed by atoms with Crippen molar-refractivity contribution in [1.29, 1.82) is 0 Å². The SMILES string of the molecule is CCC(F)C(F)(F)COc1ncc(C(C)N2Cc3c(ccnc3Cl)C2=O)cc1Cl. The third kappa shape index (κ3) is 4.28. The maximum Gasteiger partial charge on any atom is 0.311 e. The fourth-order valence-corrected chi connectivity index (χ4v) is 3.48. The smallest absolute Gasteiger partial charge is 0.311 e. The predicted molar refractivity (Wildman–Crippen MR) is 102 cm³/mol. The number of nitrogens with zero attached hydrogens (tertiary/aromatic N) is 3. The van der Waals surface area contributed by atoms with Crippen molar-refractivity contribution in [2.24, 2.45) is 0 Å². The Labute approximate surface area is 175 Å². The Kier molecular flexibility index (Phi) is 6.24. The molecule has 0 spiro atoms. The number of amides is 1. The number of halogens is 5. The molecule has 0 saturated heterocycles. The van der Waals surface area contributed by atoms with E-state index in [1.165, 1.54) is 25.4 Å². The van der Waals surface area contributed by atoms with E-state index < -0.39 is 24.7 Å². The molecule has 0 bridgehead atoms. The number of fused-ring (bicyclic) bond motifs is 1. The number of aromatic nitrogens is 2. The molecule has 3 rings (SSSR count). The second-order valence-corrected chi connectivity index (χ2v) is 7.48. The zero-order valence-electron chi connectivity index (χ0n) is 15.6. The molecule has 5 nitrogen and oxygen atoms in total. The molecule has 2 aromatic heterocycles. The molecule has 0 saturated carbocycles. The molecule has 2 atom stereocenters. The van der Waals surface area contributed by atoms with Crippen LogP contribution in [0.1, 0.15) is 47.8 Å². The minimum absolute atomic E-state index is 0.0130. The van der Waals surface area contributed by atoms with E-state index >= 15 is 0 Å². The molecule has 2 aromatic rings. The van der Waals surface area contributed by atoms with Crippen LogP contribution >= 0.6 is 23.2 Å². The predicted octanol–water partition coefficient (Wildman–Crippen LogP) is 5.26. The highest BCUT2D eigenvalue weighted by Crippen LogP contribution is 2.35. The van der Waals surface area contributed by atoms with Crippen LogP contribution in [0.25, 0.3) is 0 Å². The van der Waals surface area contributed by atoms with Crippen molar-refractivity contribution in [3.8, 4) is 5.88 Å². The topological polar surface area (TPSA) is 55.3 Å². The molecular formula is C19H18Cl2F3N3O2. The normalized spacial score (nSPS) is 16.0. The summed E-state index contributed by atoms with van der Waals surface area (Å²) in [6.45, 7) is 2.21. The van der Waals surface area contributed by atoms with E-state index in [4.69, 9.17) is 27.9 Å². The Morgan fingerprint density at radius 3 is 2.69 bits per heavy atom. The first kappa shape index (κ1) is 21.6. The Morgan fingerprint density at radius 2 is 2.07 bits per heavy atom. The highest BCUT2D eigenvalue weighted by molar-refractivity contribution is 6.32. The van der Waals surface area contributed by atoms with Gasteiger partial charge in [0.15, 0.2) is 12.8 Å². The highest BCUT2D eigenvalue weighted by atomic mass is 35.5. The number of carbonyl (C=O) groups is 1. The minimum Gasteiger partial charge on any atom is -0.470 e. The van der Waals surface area contributed by atoms with Crippen molar-refractivity contribution in [3.05, 3.63) is 51.4 Å². The Hall–Kier alpha value is -2.06. The highest BCUT2D eigenvalue weighted by Gasteiger charge is 2.40. The van der Waals surface area contributed by atoms with Crippen LogP contribution in [0.5, 0.6) is 5.88 Å². The number of alkyl halides is 3. The lowest BCUT2D eigenvalue weighted by Crippen LogP contribution is -2.36. The van der Waals surface area contributed by atoms with Gasteiger partial charge in [0.2, 0.25) is 5.88 Å². The Bertz CT molecular complexity index is 930. The number of hydrogen-bond donors (Lipinski definition) is 0. The number of rotatable bonds is 7. The summed E-state index contributed by atoms with van der Waals surface area (Å²) in [5, 5.41) is 0.255. The zero-order valence-corrected chi connectivity index (χ0v) is 17.1. The van der Waals surface area contributed by atoms with Crippen LogP contribution in [-0.4, -0.2) is 39.5 Å². The van der Waals surface area contributed by atoms with Gasteiger partial charge in [0.05, 0.1) is 12.6 Å². The van der Waals surface area contributed by atoms with Crippen LogP contribution < -0.4 is 4.74 Å². The van der Waals surface area contributed by atoms with E-state index in [2.05, 4.69) is 9.97 Å². The van der Waals surface area contributed by atoms with Gasteiger partial charge < -0.3 is 9.64 Å². The molecule has 3 heterocycles. The molecule has 1 aliphatic rings. The van der Waals surface area contributed by atoms with Gasteiger partial charge in [-0.1, -0.05) is 30.1 Å². The monoisotopic (exact) mass is 447 g/mol. The number of hydrogen-bond acceptors (Lipinski definition) is 4. The third-order valence-corrected chi connectivity index (χ3v) is 5.42. The van der Waals surface area contributed by atoms with Gasteiger partial charge in [0, 0.05) is 23.5 Å². The molecule has 0 aromatic carbocycles. The van der Waals surface area contributed by atoms with Gasteiger partial charge in [-0.25, -0.2) is 14.4 Å². The van der Waals surface area contributed by atoms with E-state index in [0.717, 1.165) is 0 Å². The lowest BCUT2D eigenvalue weighted by molar-refractivity contribution is -0.102. The van der Waals surface area contributed by atoms with Crippen molar-refractivity contribution in [1.82, 2.24) is 14.9 Å². The van der Waals surface area contributed by atoms with Crippen molar-refractivity contribution < 1.29 is 22.7 Å². The molecule has 0 radical (unpaired) electrons. The quantitative estimate of drug-likeness (QED) is 0.543. The Morgan fingerprint density at radius 1 is 1.34 bits per heavy atom.